The normalized spacial score (nSPS) is 53.5. The number of epoxide rings is 1. The highest BCUT2D eigenvalue weighted by Gasteiger charge is 2.82. The maximum Gasteiger partial charge on any atom is 0.306 e. The molecule has 0 aromatic rings. The van der Waals surface area contributed by atoms with Crippen molar-refractivity contribution >= 4 is 11.8 Å². The summed E-state index contributed by atoms with van der Waals surface area (Å²) >= 11 is 0. The molecule has 6 aliphatic rings. The van der Waals surface area contributed by atoms with Crippen LogP contribution >= 0.6 is 0 Å². The minimum absolute atomic E-state index is 0. The zero-order valence-electron chi connectivity index (χ0n) is 18.6. The molecule has 166 valence electrons. The van der Waals surface area contributed by atoms with Gasteiger partial charge in [-0.25, -0.2) is 0 Å². The van der Waals surface area contributed by atoms with Crippen LogP contribution in [0.15, 0.2) is 11.6 Å². The predicted octanol–water partition coefficient (Wildman–Crippen LogP) is 3.95. The van der Waals surface area contributed by atoms with Crippen LogP contribution in [0.4, 0.5) is 0 Å². The Morgan fingerprint density at radius 3 is 2.77 bits per heavy atom. The van der Waals surface area contributed by atoms with Crippen molar-refractivity contribution in [2.45, 2.75) is 102 Å². The summed E-state index contributed by atoms with van der Waals surface area (Å²) < 4.78 is 12.9. The van der Waals surface area contributed by atoms with Gasteiger partial charge in [0.15, 0.2) is 5.78 Å². The van der Waals surface area contributed by atoms with Crippen molar-refractivity contribution in [1.29, 1.82) is 0 Å². The van der Waals surface area contributed by atoms with Crippen LogP contribution in [-0.2, 0) is 19.1 Å². The van der Waals surface area contributed by atoms with Gasteiger partial charge in [0.2, 0.25) is 0 Å². The molecule has 4 aliphatic carbocycles. The SMILES string of the molecule is CCCN[C@@H]1CC2=CC(=O)CC[C@]2(C)[C@@]23O[C@@H]2C[C@@]2(C)C(CC[C@@]24CCC(=O)O4)C13.[HH]. The van der Waals surface area contributed by atoms with Gasteiger partial charge in [0.25, 0.3) is 0 Å². The van der Waals surface area contributed by atoms with E-state index in [9.17, 15) is 9.59 Å². The minimum atomic E-state index is -0.290. The number of hydrogen-bond donors (Lipinski definition) is 1. The Bertz CT molecular complexity index is 858. The zero-order valence-corrected chi connectivity index (χ0v) is 18.6. The summed E-state index contributed by atoms with van der Waals surface area (Å²) in [5.74, 6) is 1.18. The summed E-state index contributed by atoms with van der Waals surface area (Å²) in [6, 6.07) is 0.331. The van der Waals surface area contributed by atoms with Crippen LogP contribution in [0.2, 0.25) is 0 Å². The van der Waals surface area contributed by atoms with E-state index in [4.69, 9.17) is 9.47 Å². The van der Waals surface area contributed by atoms with Gasteiger partial charge in [-0.3, -0.25) is 9.59 Å². The second-order valence-electron chi connectivity index (χ2n) is 11.4. The quantitative estimate of drug-likeness (QED) is 0.558. The maximum absolute atomic E-state index is 12.3. The van der Waals surface area contributed by atoms with Crippen molar-refractivity contribution in [2.24, 2.45) is 22.7 Å². The van der Waals surface area contributed by atoms with Gasteiger partial charge in [-0.1, -0.05) is 26.3 Å². The van der Waals surface area contributed by atoms with Gasteiger partial charge < -0.3 is 14.8 Å². The van der Waals surface area contributed by atoms with E-state index in [-0.39, 0.29) is 41.3 Å². The van der Waals surface area contributed by atoms with Gasteiger partial charge in [0.05, 0.1) is 6.10 Å². The third-order valence-electron chi connectivity index (χ3n) is 10.4. The number of carbonyl (C=O) groups is 2. The molecule has 6 rings (SSSR count). The fraction of sp³-hybridized carbons (Fsp3) is 0.840. The molecule has 8 atom stereocenters. The van der Waals surface area contributed by atoms with Gasteiger partial charge in [-0.15, -0.1) is 0 Å². The van der Waals surface area contributed by atoms with Crippen molar-refractivity contribution < 1.29 is 20.5 Å². The zero-order chi connectivity index (χ0) is 20.9. The largest absolute Gasteiger partial charge is 0.458 e. The van der Waals surface area contributed by atoms with Crippen LogP contribution in [-0.4, -0.2) is 41.6 Å². The first-order chi connectivity index (χ1) is 14.3. The molecule has 2 spiro atoms. The highest BCUT2D eigenvalue weighted by Crippen LogP contribution is 2.77. The average Bonchev–Trinajstić information content (AvgIpc) is 3.19. The predicted molar refractivity (Wildman–Crippen MR) is 114 cm³/mol. The number of ketones is 1. The third-order valence-corrected chi connectivity index (χ3v) is 10.4. The van der Waals surface area contributed by atoms with E-state index in [1.54, 1.807) is 0 Å². The number of hydrogen-bond acceptors (Lipinski definition) is 5. The summed E-state index contributed by atoms with van der Waals surface area (Å²) in [5, 5.41) is 3.87. The Labute approximate surface area is 180 Å². The van der Waals surface area contributed by atoms with Crippen LogP contribution in [0.1, 0.15) is 80.0 Å². The first-order valence-corrected chi connectivity index (χ1v) is 12.2. The number of ether oxygens (including phenoxy) is 2. The fourth-order valence-corrected chi connectivity index (χ4v) is 8.83. The second kappa shape index (κ2) is 5.98. The van der Waals surface area contributed by atoms with Gasteiger partial charge in [0, 0.05) is 37.1 Å². The molecule has 5 heteroatoms. The standard InChI is InChI=1S/C25H35NO4.H2/c1-4-11-26-18-13-15-12-16(27)5-8-22(15,2)25-19(29-25)14-23(3)17(21(18)25)6-9-24(23)10-7-20(28)30-24;/h12,17-19,21,26H,4-11,13-14H2,1-3H3;1H/t17?,18-,19-,21?,22+,23+,24-,25-;/m1./s1. The van der Waals surface area contributed by atoms with E-state index in [0.29, 0.717) is 30.7 Å². The Morgan fingerprint density at radius 2 is 2.03 bits per heavy atom. The van der Waals surface area contributed by atoms with Crippen molar-refractivity contribution in [3.63, 3.8) is 0 Å². The van der Waals surface area contributed by atoms with E-state index in [1.807, 2.05) is 6.08 Å². The van der Waals surface area contributed by atoms with Crippen molar-refractivity contribution in [3.05, 3.63) is 11.6 Å². The summed E-state index contributed by atoms with van der Waals surface area (Å²) in [6.45, 7) is 7.97. The van der Waals surface area contributed by atoms with Crippen LogP contribution in [0.25, 0.3) is 0 Å². The topological polar surface area (TPSA) is 67.9 Å². The number of esters is 1. The van der Waals surface area contributed by atoms with Gasteiger partial charge in [0.1, 0.15) is 11.2 Å². The molecule has 0 amide bonds. The molecule has 3 saturated carbocycles. The lowest BCUT2D eigenvalue weighted by Crippen LogP contribution is -2.65. The molecular weight excluding hydrogens is 378 g/mol. The maximum atomic E-state index is 12.3. The molecule has 5 nitrogen and oxygen atoms in total. The van der Waals surface area contributed by atoms with E-state index in [0.717, 1.165) is 51.5 Å². The molecule has 2 heterocycles. The second-order valence-corrected chi connectivity index (χ2v) is 11.4. The Hall–Kier alpha value is -1.20. The lowest BCUT2D eigenvalue weighted by Gasteiger charge is -2.59. The first kappa shape index (κ1) is 19.5. The molecule has 0 radical (unpaired) electrons. The van der Waals surface area contributed by atoms with Crippen LogP contribution in [0.5, 0.6) is 0 Å². The van der Waals surface area contributed by atoms with Crippen LogP contribution < -0.4 is 5.32 Å². The molecular formula is C25H37NO4. The number of nitrogens with one attached hydrogen (secondary N) is 1. The van der Waals surface area contributed by atoms with Crippen molar-refractivity contribution in [2.75, 3.05) is 6.54 Å². The molecule has 2 unspecified atom stereocenters. The van der Waals surface area contributed by atoms with E-state index in [1.165, 1.54) is 5.57 Å². The third kappa shape index (κ3) is 2.12. The molecule has 5 fully saturated rings. The van der Waals surface area contributed by atoms with Gasteiger partial charge >= 0.3 is 5.97 Å². The van der Waals surface area contributed by atoms with E-state index < -0.39 is 0 Å². The number of rotatable bonds is 3. The molecule has 0 bridgehead atoms. The Kier molecular flexibility index (Phi) is 3.88. The molecule has 2 aliphatic heterocycles. The van der Waals surface area contributed by atoms with E-state index in [2.05, 4.69) is 26.1 Å². The molecule has 2 saturated heterocycles. The summed E-state index contributed by atoms with van der Waals surface area (Å²) in [6.07, 6.45) is 10.3. The van der Waals surface area contributed by atoms with Gasteiger partial charge in [-0.05, 0) is 63.5 Å². The molecule has 1 N–H and O–H groups in total. The lowest BCUT2D eigenvalue weighted by molar-refractivity contribution is -0.165. The fourth-order valence-electron chi connectivity index (χ4n) is 8.83. The number of fused-ring (bicyclic) bond motifs is 4. The average molecular weight is 416 g/mol. The van der Waals surface area contributed by atoms with Crippen molar-refractivity contribution in [3.8, 4) is 0 Å². The summed E-state index contributed by atoms with van der Waals surface area (Å²) in [7, 11) is 0. The first-order valence-electron chi connectivity index (χ1n) is 12.2. The number of carbonyl (C=O) groups excluding carboxylic acids is 2. The summed E-state index contributed by atoms with van der Waals surface area (Å²) in [5.41, 5.74) is 0.824. The Balaban J connectivity index is 0.00000204. The van der Waals surface area contributed by atoms with E-state index >= 15 is 0 Å². The highest BCUT2D eigenvalue weighted by molar-refractivity contribution is 5.92. The van der Waals surface area contributed by atoms with Crippen LogP contribution in [0.3, 0.4) is 0 Å². The Morgan fingerprint density at radius 1 is 1.20 bits per heavy atom. The smallest absolute Gasteiger partial charge is 0.306 e. The lowest BCUT2D eigenvalue weighted by atomic mass is 9.45. The summed E-state index contributed by atoms with van der Waals surface area (Å²) in [4.78, 5) is 24.5. The minimum Gasteiger partial charge on any atom is -0.458 e. The van der Waals surface area contributed by atoms with Crippen LogP contribution in [0, 0.1) is 22.7 Å². The molecule has 0 aromatic carbocycles. The molecule has 30 heavy (non-hydrogen) atoms. The highest BCUT2D eigenvalue weighted by atomic mass is 16.6. The monoisotopic (exact) mass is 415 g/mol. The van der Waals surface area contributed by atoms with Crippen molar-refractivity contribution in [1.82, 2.24) is 5.32 Å². The van der Waals surface area contributed by atoms with Gasteiger partial charge in [-0.2, -0.15) is 0 Å². The molecule has 0 aromatic heterocycles.